The molecule has 5 nitrogen and oxygen atoms in total. The molecule has 2 heterocycles. The Morgan fingerprint density at radius 2 is 1.82 bits per heavy atom. The summed E-state index contributed by atoms with van der Waals surface area (Å²) in [5, 5.41) is 3.89. The summed E-state index contributed by atoms with van der Waals surface area (Å²) >= 11 is 3.08. The summed E-state index contributed by atoms with van der Waals surface area (Å²) in [6.07, 6.45) is 0. The Morgan fingerprint density at radius 1 is 1.00 bits per heavy atom. The number of rotatable bonds is 6. The molecular formula is C21H18N2O3S2. The zero-order valence-corrected chi connectivity index (χ0v) is 17.0. The number of thiophene rings is 1. The van der Waals surface area contributed by atoms with E-state index < -0.39 is 0 Å². The van der Waals surface area contributed by atoms with Crippen LogP contribution in [0.25, 0.3) is 20.1 Å². The number of fused-ring (bicyclic) bond motifs is 1. The quantitative estimate of drug-likeness (QED) is 0.487. The molecule has 1 amide bonds. The van der Waals surface area contributed by atoms with E-state index in [-0.39, 0.29) is 5.91 Å². The number of thiazole rings is 1. The van der Waals surface area contributed by atoms with Crippen molar-refractivity contribution in [3.63, 3.8) is 0 Å². The van der Waals surface area contributed by atoms with E-state index in [0.717, 1.165) is 25.7 Å². The van der Waals surface area contributed by atoms with Gasteiger partial charge in [0.1, 0.15) is 5.01 Å². The van der Waals surface area contributed by atoms with Crippen molar-refractivity contribution in [2.24, 2.45) is 0 Å². The number of nitrogens with one attached hydrogen (secondary N) is 1. The van der Waals surface area contributed by atoms with Crippen molar-refractivity contribution < 1.29 is 14.3 Å². The summed E-state index contributed by atoms with van der Waals surface area (Å²) in [4.78, 5) is 18.9. The smallest absolute Gasteiger partial charge is 0.261 e. The Kier molecular flexibility index (Phi) is 5.27. The van der Waals surface area contributed by atoms with E-state index in [4.69, 9.17) is 9.47 Å². The van der Waals surface area contributed by atoms with Crippen molar-refractivity contribution in [3.05, 3.63) is 65.0 Å². The highest BCUT2D eigenvalue weighted by atomic mass is 32.1. The summed E-state index contributed by atoms with van der Waals surface area (Å²) in [5.74, 6) is 1.20. The number of amides is 1. The SMILES string of the molecule is COc1ccc(CNC(=O)c2ccc(-c3nc4ccccc4s3)s2)cc1OC. The topological polar surface area (TPSA) is 60.5 Å². The highest BCUT2D eigenvalue weighted by Gasteiger charge is 2.13. The third kappa shape index (κ3) is 3.72. The van der Waals surface area contributed by atoms with Gasteiger partial charge in [0.2, 0.25) is 0 Å². The minimum atomic E-state index is -0.104. The van der Waals surface area contributed by atoms with E-state index in [1.165, 1.54) is 11.3 Å². The largest absolute Gasteiger partial charge is 0.493 e. The maximum Gasteiger partial charge on any atom is 0.261 e. The molecule has 0 unspecified atom stereocenters. The first kappa shape index (κ1) is 18.5. The van der Waals surface area contributed by atoms with E-state index in [9.17, 15) is 4.79 Å². The second-order valence-corrected chi connectivity index (χ2v) is 8.14. The minimum Gasteiger partial charge on any atom is -0.493 e. The van der Waals surface area contributed by atoms with E-state index >= 15 is 0 Å². The van der Waals surface area contributed by atoms with Crippen molar-refractivity contribution in [2.45, 2.75) is 6.54 Å². The van der Waals surface area contributed by atoms with Gasteiger partial charge in [-0.05, 0) is 42.0 Å². The number of hydrogen-bond donors (Lipinski definition) is 1. The number of hydrogen-bond acceptors (Lipinski definition) is 6. The number of nitrogens with zero attached hydrogens (tertiary/aromatic N) is 1. The normalized spacial score (nSPS) is 10.8. The molecule has 4 aromatic rings. The molecule has 2 aromatic heterocycles. The molecule has 0 saturated carbocycles. The fraction of sp³-hybridized carbons (Fsp3) is 0.143. The van der Waals surface area contributed by atoms with Crippen LogP contribution >= 0.6 is 22.7 Å². The van der Waals surface area contributed by atoms with Gasteiger partial charge in [-0.15, -0.1) is 22.7 Å². The minimum absolute atomic E-state index is 0.104. The van der Waals surface area contributed by atoms with Crippen LogP contribution in [-0.4, -0.2) is 25.1 Å². The zero-order chi connectivity index (χ0) is 19.5. The number of aromatic nitrogens is 1. The van der Waals surface area contributed by atoms with Crippen LogP contribution in [0.3, 0.4) is 0 Å². The van der Waals surface area contributed by atoms with Gasteiger partial charge in [-0.1, -0.05) is 18.2 Å². The fourth-order valence-corrected chi connectivity index (χ4v) is 4.76. The van der Waals surface area contributed by atoms with Crippen LogP contribution in [0.4, 0.5) is 0 Å². The van der Waals surface area contributed by atoms with Gasteiger partial charge in [0.05, 0.1) is 34.2 Å². The van der Waals surface area contributed by atoms with Crippen LogP contribution in [-0.2, 0) is 6.54 Å². The molecule has 142 valence electrons. The number of para-hydroxylation sites is 1. The second-order valence-electron chi connectivity index (χ2n) is 6.02. The van der Waals surface area contributed by atoms with Gasteiger partial charge in [0.15, 0.2) is 11.5 Å². The zero-order valence-electron chi connectivity index (χ0n) is 15.4. The molecule has 1 N–H and O–H groups in total. The van der Waals surface area contributed by atoms with Gasteiger partial charge < -0.3 is 14.8 Å². The van der Waals surface area contributed by atoms with E-state index in [1.54, 1.807) is 25.6 Å². The molecule has 28 heavy (non-hydrogen) atoms. The Labute approximate surface area is 170 Å². The van der Waals surface area contributed by atoms with Crippen molar-refractivity contribution in [1.82, 2.24) is 10.3 Å². The third-order valence-electron chi connectivity index (χ3n) is 4.24. The molecule has 0 bridgehead atoms. The molecular weight excluding hydrogens is 392 g/mol. The van der Waals surface area contributed by atoms with Gasteiger partial charge in [-0.3, -0.25) is 4.79 Å². The Balaban J connectivity index is 1.46. The third-order valence-corrected chi connectivity index (χ3v) is 6.53. The summed E-state index contributed by atoms with van der Waals surface area (Å²) in [7, 11) is 3.19. The molecule has 4 rings (SSSR count). The first-order chi connectivity index (χ1) is 13.7. The predicted molar refractivity (Wildman–Crippen MR) is 114 cm³/mol. The Hall–Kier alpha value is -2.90. The molecule has 7 heteroatoms. The summed E-state index contributed by atoms with van der Waals surface area (Å²) in [6.45, 7) is 0.410. The van der Waals surface area contributed by atoms with Crippen LogP contribution in [0.1, 0.15) is 15.2 Å². The van der Waals surface area contributed by atoms with Crippen molar-refractivity contribution in [3.8, 4) is 21.4 Å². The van der Waals surface area contributed by atoms with E-state index in [0.29, 0.717) is 22.9 Å². The van der Waals surface area contributed by atoms with Crippen molar-refractivity contribution in [1.29, 1.82) is 0 Å². The second kappa shape index (κ2) is 8.00. The predicted octanol–water partition coefficient (Wildman–Crippen LogP) is 4.97. The standard InChI is InChI=1S/C21H18N2O3S2/c1-25-15-8-7-13(11-16(15)26-2)12-22-20(24)18-9-10-19(27-18)21-23-14-5-3-4-6-17(14)28-21/h3-11H,12H2,1-2H3,(H,22,24). The summed E-state index contributed by atoms with van der Waals surface area (Å²) in [5.41, 5.74) is 1.92. The average molecular weight is 411 g/mol. The van der Waals surface area contributed by atoms with Crippen molar-refractivity contribution in [2.75, 3.05) is 14.2 Å². The number of carbonyl (C=O) groups excluding carboxylic acids is 1. The number of carbonyl (C=O) groups is 1. The Morgan fingerprint density at radius 3 is 2.61 bits per heavy atom. The van der Waals surface area contributed by atoms with Crippen molar-refractivity contribution >= 4 is 38.8 Å². The van der Waals surface area contributed by atoms with Gasteiger partial charge in [-0.2, -0.15) is 0 Å². The first-order valence-electron chi connectivity index (χ1n) is 8.63. The number of ether oxygens (including phenoxy) is 2. The van der Waals surface area contributed by atoms with E-state index in [2.05, 4.69) is 16.4 Å². The molecule has 0 saturated heterocycles. The highest BCUT2D eigenvalue weighted by molar-refractivity contribution is 7.26. The van der Waals surface area contributed by atoms with Gasteiger partial charge in [0, 0.05) is 6.54 Å². The summed E-state index contributed by atoms with van der Waals surface area (Å²) < 4.78 is 11.7. The lowest BCUT2D eigenvalue weighted by atomic mass is 10.2. The lowest BCUT2D eigenvalue weighted by molar-refractivity contribution is 0.0955. The molecule has 0 atom stereocenters. The molecule has 0 aliphatic heterocycles. The molecule has 2 aromatic carbocycles. The molecule has 0 fully saturated rings. The van der Waals surface area contributed by atoms with Crippen LogP contribution < -0.4 is 14.8 Å². The maximum absolute atomic E-state index is 12.5. The van der Waals surface area contributed by atoms with Gasteiger partial charge >= 0.3 is 0 Å². The van der Waals surface area contributed by atoms with Crippen LogP contribution in [0.5, 0.6) is 11.5 Å². The molecule has 0 aliphatic rings. The summed E-state index contributed by atoms with van der Waals surface area (Å²) in [6, 6.07) is 17.4. The monoisotopic (exact) mass is 410 g/mol. The van der Waals surface area contributed by atoms with Crippen LogP contribution in [0.2, 0.25) is 0 Å². The van der Waals surface area contributed by atoms with Gasteiger partial charge in [-0.25, -0.2) is 4.98 Å². The molecule has 0 spiro atoms. The average Bonchev–Trinajstić information content (AvgIpc) is 3.38. The highest BCUT2D eigenvalue weighted by Crippen LogP contribution is 2.34. The number of methoxy groups -OCH3 is 2. The molecule has 0 radical (unpaired) electrons. The van der Waals surface area contributed by atoms with Crippen LogP contribution in [0.15, 0.2) is 54.6 Å². The fourth-order valence-electron chi connectivity index (χ4n) is 2.81. The van der Waals surface area contributed by atoms with E-state index in [1.807, 2.05) is 48.5 Å². The molecule has 0 aliphatic carbocycles. The first-order valence-corrected chi connectivity index (χ1v) is 10.3. The Bertz CT molecular complexity index is 1100. The lowest BCUT2D eigenvalue weighted by Gasteiger charge is -2.10. The van der Waals surface area contributed by atoms with Gasteiger partial charge in [0.25, 0.3) is 5.91 Å². The lowest BCUT2D eigenvalue weighted by Crippen LogP contribution is -2.21. The number of benzene rings is 2. The maximum atomic E-state index is 12.5. The van der Waals surface area contributed by atoms with Crippen LogP contribution in [0, 0.1) is 0 Å².